The Kier molecular flexibility index (Phi) is 6.37. The van der Waals surface area contributed by atoms with Gasteiger partial charge in [-0.25, -0.2) is 0 Å². The number of alkyl halides is 6. The van der Waals surface area contributed by atoms with Crippen molar-refractivity contribution in [2.24, 2.45) is 0 Å². The van der Waals surface area contributed by atoms with E-state index in [0.717, 1.165) is 36.4 Å². The van der Waals surface area contributed by atoms with Crippen LogP contribution in [0.25, 0.3) is 0 Å². The normalized spacial score (nSPS) is 14.8. The Morgan fingerprint density at radius 1 is 0.704 bits per heavy atom. The fourth-order valence-electron chi connectivity index (χ4n) is 2.20. The molecule has 0 aromatic heterocycles. The zero-order valence-electron chi connectivity index (χ0n) is 12.9. The summed E-state index contributed by atoms with van der Waals surface area (Å²) in [5, 5.41) is 18.8. The first-order valence-corrected chi connectivity index (χ1v) is 8.65. The number of halogens is 8. The van der Waals surface area contributed by atoms with Gasteiger partial charge >= 0.3 is 12.4 Å². The number of aromatic hydroxyl groups is 2. The van der Waals surface area contributed by atoms with E-state index in [0.29, 0.717) is 0 Å². The van der Waals surface area contributed by atoms with Crippen LogP contribution in [0.15, 0.2) is 45.3 Å². The molecule has 2 N–H and O–H groups in total. The molecule has 0 aliphatic carbocycles. The van der Waals surface area contributed by atoms with Crippen LogP contribution in [-0.2, 0) is 4.74 Å². The maximum atomic E-state index is 13.4. The minimum Gasteiger partial charge on any atom is -0.507 e. The topological polar surface area (TPSA) is 49.7 Å². The van der Waals surface area contributed by atoms with Crippen molar-refractivity contribution in [3.63, 3.8) is 0 Å². The fraction of sp³-hybridized carbons (Fsp3) is 0.250. The van der Waals surface area contributed by atoms with Gasteiger partial charge in [-0.2, -0.15) is 26.3 Å². The molecular weight excluding hydrogens is 514 g/mol. The molecule has 0 saturated carbocycles. The molecule has 0 aliphatic heterocycles. The molecule has 148 valence electrons. The molecule has 2 atom stereocenters. The lowest BCUT2D eigenvalue weighted by Crippen LogP contribution is -2.31. The largest absolute Gasteiger partial charge is 0.507 e. The number of rotatable bonds is 4. The smallest absolute Gasteiger partial charge is 0.418 e. The standard InChI is InChI=1S/C16H10Br2F6O3/c17-9-5-7(1-3-11(9)25)13(15(19,20)21)27-14(16(22,23)24)8-2-4-12(26)10(18)6-8/h1-6,13-14,25-26H. The van der Waals surface area contributed by atoms with Crippen LogP contribution in [0.4, 0.5) is 26.3 Å². The molecule has 0 fully saturated rings. The molecule has 0 bridgehead atoms. The Bertz CT molecular complexity index is 755. The number of benzene rings is 2. The van der Waals surface area contributed by atoms with E-state index in [1.807, 2.05) is 0 Å². The van der Waals surface area contributed by atoms with Crippen LogP contribution in [0, 0.1) is 0 Å². The zero-order chi connectivity index (χ0) is 20.6. The molecule has 0 saturated heterocycles. The summed E-state index contributed by atoms with van der Waals surface area (Å²) >= 11 is 5.64. The van der Waals surface area contributed by atoms with Crippen LogP contribution in [-0.4, -0.2) is 22.6 Å². The zero-order valence-corrected chi connectivity index (χ0v) is 16.1. The van der Waals surface area contributed by atoms with Gasteiger partial charge in [-0.15, -0.1) is 0 Å². The Balaban J connectivity index is 2.50. The summed E-state index contributed by atoms with van der Waals surface area (Å²) < 4.78 is 84.8. The fourth-order valence-corrected chi connectivity index (χ4v) is 2.99. The summed E-state index contributed by atoms with van der Waals surface area (Å²) in [4.78, 5) is 0. The van der Waals surface area contributed by atoms with Crippen molar-refractivity contribution in [2.75, 3.05) is 0 Å². The van der Waals surface area contributed by atoms with Crippen molar-refractivity contribution in [3.8, 4) is 11.5 Å². The minimum atomic E-state index is -5.16. The van der Waals surface area contributed by atoms with Gasteiger partial charge < -0.3 is 14.9 Å². The molecule has 27 heavy (non-hydrogen) atoms. The van der Waals surface area contributed by atoms with Crippen molar-refractivity contribution < 1.29 is 41.3 Å². The average molecular weight is 524 g/mol. The van der Waals surface area contributed by atoms with Gasteiger partial charge in [0.25, 0.3) is 0 Å². The van der Waals surface area contributed by atoms with Crippen molar-refractivity contribution >= 4 is 31.9 Å². The molecule has 0 spiro atoms. The Hall–Kier alpha value is -1.46. The lowest BCUT2D eigenvalue weighted by Gasteiger charge is -2.29. The summed E-state index contributed by atoms with van der Waals surface area (Å²) in [5.41, 5.74) is -1.25. The van der Waals surface area contributed by atoms with E-state index in [1.54, 1.807) is 0 Å². The summed E-state index contributed by atoms with van der Waals surface area (Å²) in [6, 6.07) is 5.10. The Labute approximate surface area is 165 Å². The maximum Gasteiger partial charge on any atom is 0.418 e. The summed E-state index contributed by atoms with van der Waals surface area (Å²) in [6.45, 7) is 0. The van der Waals surface area contributed by atoms with E-state index in [2.05, 4.69) is 36.6 Å². The van der Waals surface area contributed by atoms with E-state index in [4.69, 9.17) is 0 Å². The highest BCUT2D eigenvalue weighted by atomic mass is 79.9. The van der Waals surface area contributed by atoms with Gasteiger partial charge in [0.05, 0.1) is 8.95 Å². The molecule has 2 aromatic carbocycles. The molecule has 0 amide bonds. The third-order valence-electron chi connectivity index (χ3n) is 3.42. The molecule has 0 radical (unpaired) electrons. The van der Waals surface area contributed by atoms with Gasteiger partial charge in [-0.1, -0.05) is 12.1 Å². The SMILES string of the molecule is Oc1ccc(C(OC(c2ccc(O)c(Br)c2)C(F)(F)F)C(F)(F)F)cc1Br. The number of ether oxygens (including phenoxy) is 1. The lowest BCUT2D eigenvalue weighted by atomic mass is 10.1. The second-order valence-corrected chi connectivity index (χ2v) is 7.11. The van der Waals surface area contributed by atoms with E-state index in [9.17, 15) is 36.6 Å². The van der Waals surface area contributed by atoms with Crippen LogP contribution in [0.1, 0.15) is 23.3 Å². The van der Waals surface area contributed by atoms with E-state index in [-0.39, 0.29) is 20.4 Å². The number of hydrogen-bond acceptors (Lipinski definition) is 3. The van der Waals surface area contributed by atoms with E-state index < -0.39 is 35.7 Å². The molecule has 0 heterocycles. The summed E-state index contributed by atoms with van der Waals surface area (Å²) in [6.07, 6.45) is -16.1. The quantitative estimate of drug-likeness (QED) is 0.447. The van der Waals surface area contributed by atoms with Crippen molar-refractivity contribution in [2.45, 2.75) is 24.6 Å². The first kappa shape index (κ1) is 21.8. The first-order valence-electron chi connectivity index (χ1n) is 7.06. The van der Waals surface area contributed by atoms with Crippen LogP contribution in [0.5, 0.6) is 11.5 Å². The van der Waals surface area contributed by atoms with Gasteiger partial charge in [-0.3, -0.25) is 0 Å². The molecule has 11 heteroatoms. The minimum absolute atomic E-state index is 0.131. The summed E-state index contributed by atoms with van der Waals surface area (Å²) in [7, 11) is 0. The highest BCUT2D eigenvalue weighted by molar-refractivity contribution is 9.10. The number of phenols is 2. The predicted octanol–water partition coefficient (Wildman–Crippen LogP) is 6.55. The van der Waals surface area contributed by atoms with Gasteiger partial charge in [0.1, 0.15) is 11.5 Å². The molecule has 3 nitrogen and oxygen atoms in total. The lowest BCUT2D eigenvalue weighted by molar-refractivity contribution is -0.292. The van der Waals surface area contributed by atoms with Gasteiger partial charge in [-0.05, 0) is 67.3 Å². The van der Waals surface area contributed by atoms with Gasteiger partial charge in [0, 0.05) is 0 Å². The molecule has 2 rings (SSSR count). The van der Waals surface area contributed by atoms with Crippen LogP contribution >= 0.6 is 31.9 Å². The van der Waals surface area contributed by atoms with Crippen LogP contribution in [0.2, 0.25) is 0 Å². The molecular formula is C16H10Br2F6O3. The van der Waals surface area contributed by atoms with Crippen molar-refractivity contribution in [3.05, 3.63) is 56.5 Å². The van der Waals surface area contributed by atoms with Gasteiger partial charge in [0.2, 0.25) is 0 Å². The monoisotopic (exact) mass is 522 g/mol. The highest BCUT2D eigenvalue weighted by Gasteiger charge is 2.50. The van der Waals surface area contributed by atoms with Crippen molar-refractivity contribution in [1.82, 2.24) is 0 Å². The maximum absolute atomic E-state index is 13.4. The molecule has 2 unspecified atom stereocenters. The second kappa shape index (κ2) is 7.88. The van der Waals surface area contributed by atoms with Crippen molar-refractivity contribution in [1.29, 1.82) is 0 Å². The third-order valence-corrected chi connectivity index (χ3v) is 4.69. The van der Waals surface area contributed by atoms with Crippen LogP contribution in [0.3, 0.4) is 0 Å². The number of hydrogen-bond donors (Lipinski definition) is 2. The average Bonchev–Trinajstić information content (AvgIpc) is 2.51. The predicted molar refractivity (Wildman–Crippen MR) is 90.3 cm³/mol. The van der Waals surface area contributed by atoms with E-state index in [1.165, 1.54) is 0 Å². The van der Waals surface area contributed by atoms with Gasteiger partial charge in [0.15, 0.2) is 12.2 Å². The molecule has 2 aromatic rings. The Morgan fingerprint density at radius 3 is 1.30 bits per heavy atom. The van der Waals surface area contributed by atoms with E-state index >= 15 is 0 Å². The number of phenolic OH excluding ortho intramolecular Hbond substituents is 2. The molecule has 0 aliphatic rings. The first-order chi connectivity index (χ1) is 12.3. The van der Waals surface area contributed by atoms with Crippen LogP contribution < -0.4 is 0 Å². The summed E-state index contributed by atoms with van der Waals surface area (Å²) in [5.74, 6) is -0.760. The second-order valence-electron chi connectivity index (χ2n) is 5.40. The Morgan fingerprint density at radius 2 is 1.04 bits per heavy atom. The third kappa shape index (κ3) is 5.29. The highest BCUT2D eigenvalue weighted by Crippen LogP contribution is 2.46.